The molecule has 2 aromatic carbocycles. The fraction of sp³-hybridized carbons (Fsp3) is 0.300. The van der Waals surface area contributed by atoms with Crippen molar-refractivity contribution in [2.24, 2.45) is 0 Å². The van der Waals surface area contributed by atoms with E-state index < -0.39 is 0 Å². The summed E-state index contributed by atoms with van der Waals surface area (Å²) in [5, 5.41) is 5.62. The zero-order valence-corrected chi connectivity index (χ0v) is 15.6. The SMILES string of the molecule is Cc1cc(C)c(NC(=O)C[NH+](C)CC(=O)Nc2ccc(F)cc2)c(C)c1. The molecule has 5 nitrogen and oxygen atoms in total. The lowest BCUT2D eigenvalue weighted by molar-refractivity contribution is -0.862. The molecule has 0 radical (unpaired) electrons. The molecule has 0 spiro atoms. The van der Waals surface area contributed by atoms with Crippen molar-refractivity contribution in [1.29, 1.82) is 0 Å². The van der Waals surface area contributed by atoms with Crippen LogP contribution in [-0.2, 0) is 9.59 Å². The van der Waals surface area contributed by atoms with Crippen LogP contribution in [0.1, 0.15) is 16.7 Å². The number of carbonyl (C=O) groups is 2. The number of hydrogen-bond acceptors (Lipinski definition) is 2. The van der Waals surface area contributed by atoms with E-state index in [-0.39, 0.29) is 30.7 Å². The number of quaternary nitrogens is 1. The summed E-state index contributed by atoms with van der Waals surface area (Å²) >= 11 is 0. The average Bonchev–Trinajstić information content (AvgIpc) is 2.52. The van der Waals surface area contributed by atoms with E-state index in [1.165, 1.54) is 24.3 Å². The molecule has 26 heavy (non-hydrogen) atoms. The summed E-state index contributed by atoms with van der Waals surface area (Å²) in [5.41, 5.74) is 4.53. The molecular formula is C20H25FN3O2+. The predicted octanol–water partition coefficient (Wildman–Crippen LogP) is 1.84. The van der Waals surface area contributed by atoms with E-state index in [0.29, 0.717) is 5.69 Å². The summed E-state index contributed by atoms with van der Waals surface area (Å²) in [6.07, 6.45) is 0. The summed E-state index contributed by atoms with van der Waals surface area (Å²) < 4.78 is 12.9. The lowest BCUT2D eigenvalue weighted by Crippen LogP contribution is -3.11. The average molecular weight is 358 g/mol. The summed E-state index contributed by atoms with van der Waals surface area (Å²) in [4.78, 5) is 25.1. The lowest BCUT2D eigenvalue weighted by Gasteiger charge is -2.16. The first-order valence-electron chi connectivity index (χ1n) is 8.49. The van der Waals surface area contributed by atoms with Crippen molar-refractivity contribution in [3.8, 4) is 0 Å². The number of amides is 2. The van der Waals surface area contributed by atoms with Gasteiger partial charge in [-0.15, -0.1) is 0 Å². The minimum absolute atomic E-state index is 0.136. The van der Waals surface area contributed by atoms with Gasteiger partial charge in [0.2, 0.25) is 0 Å². The number of hydrogen-bond donors (Lipinski definition) is 3. The van der Waals surface area contributed by atoms with Gasteiger partial charge >= 0.3 is 0 Å². The Kier molecular flexibility index (Phi) is 6.46. The Morgan fingerprint density at radius 3 is 1.96 bits per heavy atom. The van der Waals surface area contributed by atoms with E-state index in [1.807, 2.05) is 32.9 Å². The van der Waals surface area contributed by atoms with Crippen molar-refractivity contribution in [1.82, 2.24) is 0 Å². The number of benzene rings is 2. The molecule has 0 heterocycles. The molecule has 0 aromatic heterocycles. The number of anilines is 2. The summed E-state index contributed by atoms with van der Waals surface area (Å²) in [5.74, 6) is -0.735. The van der Waals surface area contributed by atoms with Crippen molar-refractivity contribution in [2.45, 2.75) is 20.8 Å². The van der Waals surface area contributed by atoms with Crippen molar-refractivity contribution in [2.75, 3.05) is 30.8 Å². The highest BCUT2D eigenvalue weighted by atomic mass is 19.1. The van der Waals surface area contributed by atoms with Gasteiger partial charge in [-0.2, -0.15) is 0 Å². The molecule has 3 N–H and O–H groups in total. The first-order chi connectivity index (χ1) is 12.2. The van der Waals surface area contributed by atoms with Gasteiger partial charge in [0.15, 0.2) is 13.1 Å². The second kappa shape index (κ2) is 8.58. The van der Waals surface area contributed by atoms with Crippen LogP contribution in [0.15, 0.2) is 36.4 Å². The minimum atomic E-state index is -0.357. The molecule has 2 rings (SSSR count). The fourth-order valence-corrected chi connectivity index (χ4v) is 2.91. The molecule has 2 aromatic rings. The number of likely N-dealkylation sites (N-methyl/N-ethyl adjacent to an activating group) is 1. The van der Waals surface area contributed by atoms with Crippen LogP contribution < -0.4 is 15.5 Å². The molecule has 0 aliphatic carbocycles. The number of rotatable bonds is 6. The van der Waals surface area contributed by atoms with E-state index in [1.54, 1.807) is 7.05 Å². The Balaban J connectivity index is 1.87. The Labute approximate surface area is 153 Å². The molecule has 0 saturated heterocycles. The Hall–Kier alpha value is -2.73. The molecule has 0 bridgehead atoms. The highest BCUT2D eigenvalue weighted by Gasteiger charge is 2.16. The van der Waals surface area contributed by atoms with E-state index in [2.05, 4.69) is 10.6 Å². The monoisotopic (exact) mass is 358 g/mol. The largest absolute Gasteiger partial charge is 0.322 e. The van der Waals surface area contributed by atoms with Crippen LogP contribution >= 0.6 is 0 Å². The van der Waals surface area contributed by atoms with Gasteiger partial charge in [0, 0.05) is 11.4 Å². The van der Waals surface area contributed by atoms with E-state index in [9.17, 15) is 14.0 Å². The van der Waals surface area contributed by atoms with Gasteiger partial charge in [0.05, 0.1) is 7.05 Å². The molecule has 6 heteroatoms. The third-order valence-electron chi connectivity index (χ3n) is 3.99. The Morgan fingerprint density at radius 1 is 0.923 bits per heavy atom. The second-order valence-electron chi connectivity index (χ2n) is 6.69. The highest BCUT2D eigenvalue weighted by molar-refractivity contribution is 5.94. The van der Waals surface area contributed by atoms with Crippen molar-refractivity contribution in [3.05, 3.63) is 58.9 Å². The zero-order valence-electron chi connectivity index (χ0n) is 15.6. The van der Waals surface area contributed by atoms with Gasteiger partial charge in [-0.1, -0.05) is 17.7 Å². The van der Waals surface area contributed by atoms with Crippen LogP contribution in [0.5, 0.6) is 0 Å². The standard InChI is InChI=1S/C20H24FN3O2/c1-13-9-14(2)20(15(3)10-13)23-19(26)12-24(4)11-18(25)22-17-7-5-16(21)6-8-17/h5-10H,11-12H2,1-4H3,(H,22,25)(H,23,26)/p+1. The molecule has 0 aliphatic heterocycles. The van der Waals surface area contributed by atoms with Crippen molar-refractivity contribution >= 4 is 23.2 Å². The van der Waals surface area contributed by atoms with Crippen LogP contribution in [0.4, 0.5) is 15.8 Å². The molecular weight excluding hydrogens is 333 g/mol. The maximum absolute atomic E-state index is 12.9. The molecule has 0 saturated carbocycles. The predicted molar refractivity (Wildman–Crippen MR) is 101 cm³/mol. The smallest absolute Gasteiger partial charge is 0.279 e. The number of carbonyl (C=O) groups excluding carboxylic acids is 2. The first kappa shape index (κ1) is 19.6. The second-order valence-corrected chi connectivity index (χ2v) is 6.69. The maximum atomic E-state index is 12.9. The maximum Gasteiger partial charge on any atom is 0.279 e. The van der Waals surface area contributed by atoms with Gasteiger partial charge in [0.25, 0.3) is 11.8 Å². The van der Waals surface area contributed by atoms with Crippen LogP contribution in [0.2, 0.25) is 0 Å². The molecule has 138 valence electrons. The van der Waals surface area contributed by atoms with Crippen LogP contribution in [0, 0.1) is 26.6 Å². The van der Waals surface area contributed by atoms with Crippen LogP contribution in [0.25, 0.3) is 0 Å². The van der Waals surface area contributed by atoms with Gasteiger partial charge < -0.3 is 15.5 Å². The van der Waals surface area contributed by atoms with Crippen molar-refractivity contribution in [3.63, 3.8) is 0 Å². The third kappa shape index (κ3) is 5.67. The van der Waals surface area contributed by atoms with Gasteiger partial charge in [-0.3, -0.25) is 9.59 Å². The first-order valence-corrected chi connectivity index (χ1v) is 8.49. The number of aryl methyl sites for hydroxylation is 3. The quantitative estimate of drug-likeness (QED) is 0.738. The number of halogens is 1. The topological polar surface area (TPSA) is 62.6 Å². The summed E-state index contributed by atoms with van der Waals surface area (Å²) in [7, 11) is 1.78. The number of nitrogens with one attached hydrogen (secondary N) is 3. The molecule has 0 aliphatic rings. The molecule has 0 fully saturated rings. The van der Waals surface area contributed by atoms with Crippen molar-refractivity contribution < 1.29 is 18.9 Å². The zero-order chi connectivity index (χ0) is 19.3. The summed E-state index contributed by atoms with van der Waals surface area (Å²) in [6, 6.07) is 9.61. The van der Waals surface area contributed by atoms with Gasteiger partial charge in [-0.25, -0.2) is 4.39 Å². The lowest BCUT2D eigenvalue weighted by atomic mass is 10.1. The molecule has 2 amide bonds. The highest BCUT2D eigenvalue weighted by Crippen LogP contribution is 2.21. The Bertz CT molecular complexity index is 780. The Morgan fingerprint density at radius 2 is 1.42 bits per heavy atom. The molecule has 1 unspecified atom stereocenters. The van der Waals surface area contributed by atoms with Gasteiger partial charge in [0.1, 0.15) is 5.82 Å². The van der Waals surface area contributed by atoms with Crippen LogP contribution in [-0.4, -0.2) is 32.0 Å². The fourth-order valence-electron chi connectivity index (χ4n) is 2.91. The minimum Gasteiger partial charge on any atom is -0.322 e. The van der Waals surface area contributed by atoms with E-state index in [0.717, 1.165) is 27.3 Å². The normalized spacial score (nSPS) is 11.7. The molecule has 1 atom stereocenters. The summed E-state index contributed by atoms with van der Waals surface area (Å²) in [6.45, 7) is 6.24. The van der Waals surface area contributed by atoms with Crippen LogP contribution in [0.3, 0.4) is 0 Å². The van der Waals surface area contributed by atoms with E-state index >= 15 is 0 Å². The van der Waals surface area contributed by atoms with E-state index in [4.69, 9.17) is 0 Å². The van der Waals surface area contributed by atoms with Gasteiger partial charge in [-0.05, 0) is 56.2 Å². The third-order valence-corrected chi connectivity index (χ3v) is 3.99.